The fraction of sp³-hybridized carbons (Fsp3) is 0.545. The molecule has 0 bridgehead atoms. The first kappa shape index (κ1) is 18.8. The van der Waals surface area contributed by atoms with Crippen molar-refractivity contribution in [2.24, 2.45) is 5.41 Å². The lowest BCUT2D eigenvalue weighted by Gasteiger charge is -2.47. The summed E-state index contributed by atoms with van der Waals surface area (Å²) < 4.78 is 11.0. The van der Waals surface area contributed by atoms with E-state index in [0.29, 0.717) is 6.42 Å². The number of benzene rings is 1. The van der Waals surface area contributed by atoms with Gasteiger partial charge < -0.3 is 19.3 Å². The molecule has 2 aliphatic rings. The summed E-state index contributed by atoms with van der Waals surface area (Å²) in [6.45, 7) is 4.94. The molecule has 2 aliphatic heterocycles. The van der Waals surface area contributed by atoms with Gasteiger partial charge in [0.15, 0.2) is 0 Å². The number of nitrogens with zero attached hydrogens (tertiary/aromatic N) is 3. The number of fused-ring (bicyclic) bond motifs is 1. The summed E-state index contributed by atoms with van der Waals surface area (Å²) in [4.78, 5) is 21.1. The van der Waals surface area contributed by atoms with E-state index < -0.39 is 0 Å². The van der Waals surface area contributed by atoms with E-state index in [1.54, 1.807) is 14.2 Å². The molecule has 0 radical (unpaired) electrons. The van der Waals surface area contributed by atoms with Crippen LogP contribution in [-0.2, 0) is 4.79 Å². The Kier molecular flexibility index (Phi) is 4.81. The van der Waals surface area contributed by atoms with E-state index in [-0.39, 0.29) is 11.3 Å². The fourth-order valence-corrected chi connectivity index (χ4v) is 4.70. The average molecular weight is 383 g/mol. The molecule has 28 heavy (non-hydrogen) atoms. The number of piperidine rings is 2. The first-order valence-corrected chi connectivity index (χ1v) is 9.97. The summed E-state index contributed by atoms with van der Waals surface area (Å²) in [5.41, 5.74) is 2.32. The molecule has 3 heterocycles. The minimum absolute atomic E-state index is 0.274. The van der Waals surface area contributed by atoms with E-state index in [0.717, 1.165) is 67.1 Å². The van der Waals surface area contributed by atoms with Crippen molar-refractivity contribution in [3.63, 3.8) is 0 Å². The highest BCUT2D eigenvalue weighted by Crippen LogP contribution is 2.41. The van der Waals surface area contributed by atoms with Crippen molar-refractivity contribution in [3.05, 3.63) is 23.8 Å². The number of hydrogen-bond acceptors (Lipinski definition) is 5. The molecule has 0 saturated carbocycles. The van der Waals surface area contributed by atoms with Crippen LogP contribution in [0.25, 0.3) is 10.9 Å². The van der Waals surface area contributed by atoms with Crippen LogP contribution < -0.4 is 14.4 Å². The summed E-state index contributed by atoms with van der Waals surface area (Å²) in [6.07, 6.45) is 3.90. The van der Waals surface area contributed by atoms with E-state index in [1.807, 2.05) is 24.1 Å². The first-order valence-electron chi connectivity index (χ1n) is 9.97. The van der Waals surface area contributed by atoms with E-state index in [1.165, 1.54) is 5.56 Å². The zero-order chi connectivity index (χ0) is 19.9. The lowest BCUT2D eigenvalue weighted by atomic mass is 9.72. The molecule has 150 valence electrons. The Morgan fingerprint density at radius 2 is 1.82 bits per heavy atom. The van der Waals surface area contributed by atoms with Crippen molar-refractivity contribution in [1.29, 1.82) is 0 Å². The van der Waals surface area contributed by atoms with E-state index in [2.05, 4.69) is 17.9 Å². The van der Waals surface area contributed by atoms with Crippen LogP contribution in [0.3, 0.4) is 0 Å². The third-order valence-corrected chi connectivity index (χ3v) is 6.52. The standard InChI is InChI=1S/C22H29N3O3/c1-15-11-19(23-21-17(15)12-16(27-3)13-18(21)28-4)25-9-7-22(8-10-25)6-5-20(26)24(2)14-22/h11-13H,5-10,14H2,1-4H3. The van der Waals surface area contributed by atoms with Gasteiger partial charge >= 0.3 is 0 Å². The van der Waals surface area contributed by atoms with Crippen LogP contribution in [-0.4, -0.2) is 56.7 Å². The molecule has 2 saturated heterocycles. The van der Waals surface area contributed by atoms with Gasteiger partial charge in [0.1, 0.15) is 22.8 Å². The molecule has 1 aromatic carbocycles. The highest BCUT2D eigenvalue weighted by Gasteiger charge is 2.40. The van der Waals surface area contributed by atoms with Crippen LogP contribution in [0.1, 0.15) is 31.2 Å². The molecule has 0 unspecified atom stereocenters. The minimum Gasteiger partial charge on any atom is -0.497 e. The molecule has 0 atom stereocenters. The second-order valence-electron chi connectivity index (χ2n) is 8.26. The van der Waals surface area contributed by atoms with Crippen LogP contribution in [0.5, 0.6) is 11.5 Å². The Morgan fingerprint density at radius 3 is 2.46 bits per heavy atom. The SMILES string of the molecule is COc1cc(OC)c2nc(N3CCC4(CCC(=O)N(C)C4)CC3)cc(C)c2c1. The van der Waals surface area contributed by atoms with Gasteiger partial charge in [-0.1, -0.05) is 0 Å². The molecule has 4 rings (SSSR count). The van der Waals surface area contributed by atoms with Crippen molar-refractivity contribution in [2.45, 2.75) is 32.6 Å². The van der Waals surface area contributed by atoms with Crippen LogP contribution in [0, 0.1) is 12.3 Å². The predicted molar refractivity (Wildman–Crippen MR) is 110 cm³/mol. The van der Waals surface area contributed by atoms with Gasteiger partial charge in [-0.15, -0.1) is 0 Å². The average Bonchev–Trinajstić information content (AvgIpc) is 2.71. The highest BCUT2D eigenvalue weighted by atomic mass is 16.5. The van der Waals surface area contributed by atoms with Gasteiger partial charge in [-0.3, -0.25) is 4.79 Å². The Bertz CT molecular complexity index is 904. The molecule has 1 spiro atoms. The number of likely N-dealkylation sites (tertiary alicyclic amines) is 1. The lowest BCUT2D eigenvalue weighted by Crippen LogP contribution is -2.50. The molecule has 2 aromatic rings. The Hall–Kier alpha value is -2.50. The van der Waals surface area contributed by atoms with Crippen molar-refractivity contribution in [3.8, 4) is 11.5 Å². The maximum atomic E-state index is 11.9. The van der Waals surface area contributed by atoms with Crippen molar-refractivity contribution in [2.75, 3.05) is 45.8 Å². The quantitative estimate of drug-likeness (QED) is 0.813. The normalized spacial score (nSPS) is 19.4. The molecular formula is C22H29N3O3. The summed E-state index contributed by atoms with van der Waals surface area (Å²) in [6, 6.07) is 6.07. The Labute approximate surface area is 166 Å². The number of rotatable bonds is 3. The van der Waals surface area contributed by atoms with E-state index in [9.17, 15) is 4.79 Å². The first-order chi connectivity index (χ1) is 13.4. The molecule has 1 amide bonds. The molecule has 6 nitrogen and oxygen atoms in total. The number of carbonyl (C=O) groups is 1. The number of pyridine rings is 1. The third-order valence-electron chi connectivity index (χ3n) is 6.52. The summed E-state index contributed by atoms with van der Waals surface area (Å²) >= 11 is 0. The minimum atomic E-state index is 0.274. The van der Waals surface area contributed by atoms with Gasteiger partial charge in [-0.05, 0) is 49.3 Å². The second-order valence-corrected chi connectivity index (χ2v) is 8.26. The zero-order valence-corrected chi connectivity index (χ0v) is 17.2. The van der Waals surface area contributed by atoms with Crippen molar-refractivity contribution in [1.82, 2.24) is 9.88 Å². The molecule has 1 aromatic heterocycles. The summed E-state index contributed by atoms with van der Waals surface area (Å²) in [5.74, 6) is 2.80. The topological polar surface area (TPSA) is 54.9 Å². The predicted octanol–water partition coefficient (Wildman–Crippen LogP) is 3.40. The number of aromatic nitrogens is 1. The smallest absolute Gasteiger partial charge is 0.222 e. The number of ether oxygens (including phenoxy) is 2. The van der Waals surface area contributed by atoms with Crippen molar-refractivity contribution >= 4 is 22.6 Å². The summed E-state index contributed by atoms with van der Waals surface area (Å²) in [7, 11) is 5.27. The lowest BCUT2D eigenvalue weighted by molar-refractivity contribution is -0.136. The number of aryl methyl sites for hydroxylation is 1. The van der Waals surface area contributed by atoms with Gasteiger partial charge in [-0.2, -0.15) is 0 Å². The van der Waals surface area contributed by atoms with Crippen LogP contribution >= 0.6 is 0 Å². The fourth-order valence-electron chi connectivity index (χ4n) is 4.70. The maximum Gasteiger partial charge on any atom is 0.222 e. The van der Waals surface area contributed by atoms with E-state index in [4.69, 9.17) is 14.5 Å². The van der Waals surface area contributed by atoms with Crippen LogP contribution in [0.2, 0.25) is 0 Å². The molecule has 6 heteroatoms. The zero-order valence-electron chi connectivity index (χ0n) is 17.2. The monoisotopic (exact) mass is 383 g/mol. The number of hydrogen-bond donors (Lipinski definition) is 0. The van der Waals surface area contributed by atoms with Gasteiger partial charge in [0, 0.05) is 44.6 Å². The summed E-state index contributed by atoms with van der Waals surface area (Å²) in [5, 5.41) is 1.06. The van der Waals surface area contributed by atoms with Crippen LogP contribution in [0.4, 0.5) is 5.82 Å². The number of amides is 1. The van der Waals surface area contributed by atoms with Gasteiger partial charge in [0.2, 0.25) is 5.91 Å². The molecular weight excluding hydrogens is 354 g/mol. The number of methoxy groups -OCH3 is 2. The maximum absolute atomic E-state index is 11.9. The Morgan fingerprint density at radius 1 is 1.07 bits per heavy atom. The largest absolute Gasteiger partial charge is 0.497 e. The van der Waals surface area contributed by atoms with E-state index >= 15 is 0 Å². The van der Waals surface area contributed by atoms with Gasteiger partial charge in [-0.25, -0.2) is 4.98 Å². The van der Waals surface area contributed by atoms with Gasteiger partial charge in [0.25, 0.3) is 0 Å². The van der Waals surface area contributed by atoms with Crippen molar-refractivity contribution < 1.29 is 14.3 Å². The third kappa shape index (κ3) is 3.25. The molecule has 0 N–H and O–H groups in total. The molecule has 2 fully saturated rings. The number of carbonyl (C=O) groups excluding carboxylic acids is 1. The molecule has 0 aliphatic carbocycles. The Balaban J connectivity index is 1.59. The van der Waals surface area contributed by atoms with Gasteiger partial charge in [0.05, 0.1) is 14.2 Å². The van der Waals surface area contributed by atoms with Crippen LogP contribution in [0.15, 0.2) is 18.2 Å². The second kappa shape index (κ2) is 7.15. The highest BCUT2D eigenvalue weighted by molar-refractivity contribution is 5.90. The number of anilines is 1.